The van der Waals surface area contributed by atoms with Gasteiger partial charge < -0.3 is 14.7 Å². The normalized spacial score (nSPS) is 29.5. The molecule has 0 spiro atoms. The standard InChI is InChI=1S/C24H29F4NO2/c25-21-15-20(19-5-2-1-3-6-19)7-12-23(21,30)31-16-18-8-13-29(14-9-18)17-22(10-4-11-22)24(26,27)28/h1-3,5-7,12,15,18,20,30H,4,8-11,13-14,16-17H2. The quantitative estimate of drug-likeness (QED) is 0.369. The number of alkyl halides is 3. The number of nitrogens with zero attached hydrogens (tertiary/aromatic N) is 1. The average Bonchev–Trinajstić information content (AvgIpc) is 2.72. The van der Waals surface area contributed by atoms with Crippen molar-refractivity contribution in [3.05, 3.63) is 60.0 Å². The second-order valence-corrected chi connectivity index (χ2v) is 9.17. The summed E-state index contributed by atoms with van der Waals surface area (Å²) in [4.78, 5) is 1.89. The zero-order valence-electron chi connectivity index (χ0n) is 17.5. The van der Waals surface area contributed by atoms with Crippen molar-refractivity contribution in [3.8, 4) is 0 Å². The summed E-state index contributed by atoms with van der Waals surface area (Å²) in [6.07, 6.45) is 2.69. The van der Waals surface area contributed by atoms with Crippen molar-refractivity contribution in [2.24, 2.45) is 11.3 Å². The number of allylic oxidation sites excluding steroid dienone is 2. The topological polar surface area (TPSA) is 32.7 Å². The monoisotopic (exact) mass is 439 g/mol. The van der Waals surface area contributed by atoms with Crippen molar-refractivity contribution >= 4 is 0 Å². The second kappa shape index (κ2) is 8.68. The predicted octanol–water partition coefficient (Wildman–Crippen LogP) is 5.34. The number of hydrogen-bond acceptors (Lipinski definition) is 3. The van der Waals surface area contributed by atoms with Gasteiger partial charge in [0.25, 0.3) is 0 Å². The lowest BCUT2D eigenvalue weighted by Crippen LogP contribution is -2.53. The third kappa shape index (κ3) is 4.73. The molecule has 0 radical (unpaired) electrons. The van der Waals surface area contributed by atoms with Crippen molar-refractivity contribution in [3.63, 3.8) is 0 Å². The van der Waals surface area contributed by atoms with Gasteiger partial charge in [-0.3, -0.25) is 0 Å². The van der Waals surface area contributed by atoms with Crippen LogP contribution in [0.3, 0.4) is 0 Å². The molecule has 1 N–H and O–H groups in total. The number of ether oxygens (including phenoxy) is 1. The number of piperidine rings is 1. The average molecular weight is 439 g/mol. The highest BCUT2D eigenvalue weighted by Gasteiger charge is 2.58. The molecule has 1 saturated heterocycles. The van der Waals surface area contributed by atoms with E-state index in [0.717, 1.165) is 5.56 Å². The summed E-state index contributed by atoms with van der Waals surface area (Å²) in [6.45, 7) is 1.36. The van der Waals surface area contributed by atoms with Crippen LogP contribution in [0.25, 0.3) is 0 Å². The van der Waals surface area contributed by atoms with Crippen molar-refractivity contribution in [1.29, 1.82) is 0 Å². The zero-order chi connectivity index (χ0) is 22.1. The molecule has 2 atom stereocenters. The van der Waals surface area contributed by atoms with Gasteiger partial charge in [-0.05, 0) is 62.4 Å². The Morgan fingerprint density at radius 2 is 1.77 bits per heavy atom. The summed E-state index contributed by atoms with van der Waals surface area (Å²) in [5, 5.41) is 10.6. The number of benzene rings is 1. The predicted molar refractivity (Wildman–Crippen MR) is 110 cm³/mol. The summed E-state index contributed by atoms with van der Waals surface area (Å²) >= 11 is 0. The van der Waals surface area contributed by atoms with E-state index in [0.29, 0.717) is 32.4 Å². The maximum Gasteiger partial charge on any atom is 0.395 e. The lowest BCUT2D eigenvalue weighted by molar-refractivity contribution is -0.257. The molecule has 2 unspecified atom stereocenters. The Hall–Kier alpha value is -1.70. The van der Waals surface area contributed by atoms with Gasteiger partial charge in [0.05, 0.1) is 12.0 Å². The summed E-state index contributed by atoms with van der Waals surface area (Å²) in [6, 6.07) is 9.42. The van der Waals surface area contributed by atoms with E-state index in [9.17, 15) is 22.7 Å². The van der Waals surface area contributed by atoms with Gasteiger partial charge in [-0.15, -0.1) is 0 Å². The van der Waals surface area contributed by atoms with Crippen LogP contribution in [-0.2, 0) is 4.74 Å². The lowest BCUT2D eigenvalue weighted by atomic mass is 9.67. The molecule has 3 nitrogen and oxygen atoms in total. The van der Waals surface area contributed by atoms with E-state index in [1.807, 2.05) is 35.2 Å². The lowest BCUT2D eigenvalue weighted by Gasteiger charge is -2.47. The minimum absolute atomic E-state index is 0.0645. The van der Waals surface area contributed by atoms with Crippen LogP contribution in [-0.4, -0.2) is 48.2 Å². The molecule has 2 fully saturated rings. The van der Waals surface area contributed by atoms with Crippen LogP contribution in [0.1, 0.15) is 43.6 Å². The van der Waals surface area contributed by atoms with Gasteiger partial charge in [-0.1, -0.05) is 42.8 Å². The largest absolute Gasteiger partial charge is 0.395 e. The molecule has 0 bridgehead atoms. The van der Waals surface area contributed by atoms with Crippen molar-refractivity contribution < 1.29 is 27.4 Å². The van der Waals surface area contributed by atoms with Gasteiger partial charge in [0.2, 0.25) is 5.79 Å². The molecular formula is C24H29F4NO2. The van der Waals surface area contributed by atoms with Gasteiger partial charge in [0, 0.05) is 12.5 Å². The van der Waals surface area contributed by atoms with E-state index in [1.54, 1.807) is 6.08 Å². The van der Waals surface area contributed by atoms with Crippen LogP contribution in [0.2, 0.25) is 0 Å². The fourth-order valence-corrected chi connectivity index (χ4v) is 4.76. The van der Waals surface area contributed by atoms with E-state index in [-0.39, 0.29) is 37.8 Å². The number of likely N-dealkylation sites (tertiary alicyclic amines) is 1. The van der Waals surface area contributed by atoms with Gasteiger partial charge in [-0.25, -0.2) is 4.39 Å². The Morgan fingerprint density at radius 3 is 2.32 bits per heavy atom. The molecule has 31 heavy (non-hydrogen) atoms. The molecule has 1 aliphatic heterocycles. The molecule has 0 amide bonds. The molecule has 1 heterocycles. The Labute approximate surface area is 180 Å². The van der Waals surface area contributed by atoms with E-state index in [1.165, 1.54) is 12.2 Å². The van der Waals surface area contributed by atoms with E-state index >= 15 is 0 Å². The van der Waals surface area contributed by atoms with Crippen molar-refractivity contribution in [1.82, 2.24) is 4.90 Å². The van der Waals surface area contributed by atoms with Gasteiger partial charge in [0.1, 0.15) is 0 Å². The molecule has 1 aromatic carbocycles. The van der Waals surface area contributed by atoms with Crippen LogP contribution < -0.4 is 0 Å². The third-order valence-corrected chi connectivity index (χ3v) is 7.07. The third-order valence-electron chi connectivity index (χ3n) is 7.07. The molecule has 2 aliphatic carbocycles. The first kappa shape index (κ1) is 22.5. The minimum atomic E-state index is -4.15. The molecule has 1 aromatic rings. The maximum absolute atomic E-state index is 14.6. The van der Waals surface area contributed by atoms with Crippen molar-refractivity contribution in [2.75, 3.05) is 26.2 Å². The van der Waals surface area contributed by atoms with Crippen LogP contribution in [0, 0.1) is 11.3 Å². The highest BCUT2D eigenvalue weighted by atomic mass is 19.4. The molecule has 4 rings (SSSR count). The zero-order valence-corrected chi connectivity index (χ0v) is 17.5. The summed E-state index contributed by atoms with van der Waals surface area (Å²) in [7, 11) is 0. The fourth-order valence-electron chi connectivity index (χ4n) is 4.76. The maximum atomic E-state index is 14.6. The number of aliphatic hydroxyl groups is 1. The molecular weight excluding hydrogens is 410 g/mol. The highest BCUT2D eigenvalue weighted by molar-refractivity contribution is 5.35. The Balaban J connectivity index is 1.27. The molecule has 170 valence electrons. The first-order valence-electron chi connectivity index (χ1n) is 11.0. The Bertz CT molecular complexity index is 811. The van der Waals surface area contributed by atoms with Gasteiger partial charge in [-0.2, -0.15) is 13.2 Å². The summed E-state index contributed by atoms with van der Waals surface area (Å²) < 4.78 is 60.4. The van der Waals surface area contributed by atoms with Gasteiger partial charge >= 0.3 is 6.18 Å². The SMILES string of the molecule is OC1(OCC2CCN(CC3(C(F)(F)F)CCC3)CC2)C=CC(c2ccccc2)C=C1F. The van der Waals surface area contributed by atoms with E-state index in [4.69, 9.17) is 4.74 Å². The number of halogens is 4. The molecule has 1 saturated carbocycles. The van der Waals surface area contributed by atoms with Crippen LogP contribution >= 0.6 is 0 Å². The number of rotatable bonds is 6. The van der Waals surface area contributed by atoms with Crippen molar-refractivity contribution in [2.45, 2.75) is 50.0 Å². The second-order valence-electron chi connectivity index (χ2n) is 9.17. The molecule has 7 heteroatoms. The minimum Gasteiger partial charge on any atom is -0.357 e. The molecule has 3 aliphatic rings. The summed E-state index contributed by atoms with van der Waals surface area (Å²) in [5.74, 6) is -3.00. The Kier molecular flexibility index (Phi) is 6.30. The van der Waals surface area contributed by atoms with Crippen LogP contribution in [0.15, 0.2) is 54.4 Å². The smallest absolute Gasteiger partial charge is 0.357 e. The van der Waals surface area contributed by atoms with E-state index < -0.39 is 23.2 Å². The Morgan fingerprint density at radius 1 is 1.10 bits per heavy atom. The van der Waals surface area contributed by atoms with Crippen LogP contribution in [0.4, 0.5) is 17.6 Å². The molecule has 0 aromatic heterocycles. The fraction of sp³-hybridized carbons (Fsp3) is 0.583. The summed E-state index contributed by atoms with van der Waals surface area (Å²) in [5.41, 5.74) is -0.617. The van der Waals surface area contributed by atoms with Crippen LogP contribution in [0.5, 0.6) is 0 Å². The first-order chi connectivity index (χ1) is 14.7. The first-order valence-corrected chi connectivity index (χ1v) is 11.0. The number of hydrogen-bond donors (Lipinski definition) is 1. The van der Waals surface area contributed by atoms with E-state index in [2.05, 4.69) is 0 Å². The highest BCUT2D eigenvalue weighted by Crippen LogP contribution is 2.53. The van der Waals surface area contributed by atoms with Gasteiger partial charge in [0.15, 0.2) is 5.83 Å².